The number of anilines is 2. The maximum atomic E-state index is 5.55. The number of thiazole rings is 1. The van der Waals surface area contributed by atoms with E-state index < -0.39 is 0 Å². The highest BCUT2D eigenvalue weighted by atomic mass is 32.1. The van der Waals surface area contributed by atoms with Gasteiger partial charge in [-0.3, -0.25) is 10.4 Å². The minimum absolute atomic E-state index is 0.451. The van der Waals surface area contributed by atoms with Crippen LogP contribution in [-0.2, 0) is 0 Å². The number of aromatic nitrogens is 3. The monoisotopic (exact) mass is 312 g/mol. The molecule has 0 spiro atoms. The van der Waals surface area contributed by atoms with Crippen LogP contribution in [0.25, 0.3) is 0 Å². The molecule has 3 N–H and O–H groups in total. The number of rotatable bonds is 5. The number of nitrogens with one attached hydrogen (secondary N) is 1. The Morgan fingerprint density at radius 3 is 2.77 bits per heavy atom. The first-order chi connectivity index (χ1) is 10.8. The molecule has 0 amide bonds. The van der Waals surface area contributed by atoms with Crippen molar-refractivity contribution in [1.82, 2.24) is 15.0 Å². The average Bonchev–Trinajstić information content (AvgIpc) is 2.96. The number of hydrogen-bond donors (Lipinski definition) is 2. The molecule has 0 saturated heterocycles. The second-order valence-corrected chi connectivity index (χ2v) is 5.02. The summed E-state index contributed by atoms with van der Waals surface area (Å²) in [6.45, 7) is 0. The lowest BCUT2D eigenvalue weighted by Gasteiger charge is -2.03. The largest absolute Gasteiger partial charge is 0.438 e. The van der Waals surface area contributed by atoms with Gasteiger partial charge in [-0.05, 0) is 29.8 Å². The number of nitrogens with zero attached hydrogens (tertiary/aromatic N) is 4. The van der Waals surface area contributed by atoms with E-state index in [0.717, 1.165) is 5.56 Å². The van der Waals surface area contributed by atoms with Gasteiger partial charge in [0.2, 0.25) is 11.0 Å². The van der Waals surface area contributed by atoms with Gasteiger partial charge in [-0.25, -0.2) is 9.97 Å². The standard InChI is InChI=1S/C14H12N6OS/c15-12-9-22-14(19-12)20-18-7-10-1-3-11(4-2-10)21-13-8-16-5-6-17-13/h1-9H,15H2,(H,19,20). The van der Waals surface area contributed by atoms with Crippen molar-refractivity contribution >= 4 is 28.5 Å². The summed E-state index contributed by atoms with van der Waals surface area (Å²) in [6, 6.07) is 7.43. The van der Waals surface area contributed by atoms with Crippen molar-refractivity contribution in [3.05, 3.63) is 53.8 Å². The van der Waals surface area contributed by atoms with Crippen molar-refractivity contribution in [2.45, 2.75) is 0 Å². The van der Waals surface area contributed by atoms with Gasteiger partial charge in [0.1, 0.15) is 11.6 Å². The van der Waals surface area contributed by atoms with Crippen LogP contribution in [0, 0.1) is 0 Å². The highest BCUT2D eigenvalue weighted by molar-refractivity contribution is 7.14. The van der Waals surface area contributed by atoms with E-state index in [1.54, 1.807) is 30.2 Å². The molecule has 0 aliphatic rings. The van der Waals surface area contributed by atoms with Crippen LogP contribution in [0.5, 0.6) is 11.6 Å². The highest BCUT2D eigenvalue weighted by Crippen LogP contribution is 2.18. The molecule has 0 aliphatic heterocycles. The Bertz CT molecular complexity index is 757. The summed E-state index contributed by atoms with van der Waals surface area (Å²) >= 11 is 1.39. The Hall–Kier alpha value is -3.00. The molecule has 0 unspecified atom stereocenters. The fourth-order valence-electron chi connectivity index (χ4n) is 1.58. The van der Waals surface area contributed by atoms with Gasteiger partial charge < -0.3 is 10.5 Å². The van der Waals surface area contributed by atoms with E-state index in [9.17, 15) is 0 Å². The zero-order valence-corrected chi connectivity index (χ0v) is 12.2. The molecule has 1 aromatic carbocycles. The lowest BCUT2D eigenvalue weighted by Crippen LogP contribution is -1.92. The van der Waals surface area contributed by atoms with E-state index in [4.69, 9.17) is 10.5 Å². The van der Waals surface area contributed by atoms with Crippen LogP contribution in [0.1, 0.15) is 5.56 Å². The van der Waals surface area contributed by atoms with E-state index in [2.05, 4.69) is 25.5 Å². The van der Waals surface area contributed by atoms with Gasteiger partial charge in [0.15, 0.2) is 0 Å². The summed E-state index contributed by atoms with van der Waals surface area (Å²) in [5.74, 6) is 1.61. The normalized spacial score (nSPS) is 10.7. The molecule has 7 nitrogen and oxygen atoms in total. The first kappa shape index (κ1) is 14.0. The van der Waals surface area contributed by atoms with Gasteiger partial charge in [-0.15, -0.1) is 11.3 Å². The minimum Gasteiger partial charge on any atom is -0.438 e. The van der Waals surface area contributed by atoms with Crippen LogP contribution in [0.15, 0.2) is 53.3 Å². The number of ether oxygens (including phenoxy) is 1. The summed E-state index contributed by atoms with van der Waals surface area (Å²) in [6.07, 6.45) is 6.41. The molecule has 0 saturated carbocycles. The number of nitrogen functional groups attached to an aromatic ring is 1. The Morgan fingerprint density at radius 2 is 2.09 bits per heavy atom. The van der Waals surface area contributed by atoms with E-state index in [1.807, 2.05) is 24.3 Å². The zero-order chi connectivity index (χ0) is 15.2. The molecule has 0 aliphatic carbocycles. The van der Waals surface area contributed by atoms with Gasteiger partial charge >= 0.3 is 0 Å². The number of hydrazone groups is 1. The minimum atomic E-state index is 0.451. The predicted molar refractivity (Wildman–Crippen MR) is 86.3 cm³/mol. The van der Waals surface area contributed by atoms with Crippen LogP contribution in [0.4, 0.5) is 10.9 Å². The molecule has 2 aromatic heterocycles. The maximum absolute atomic E-state index is 5.55. The molecule has 2 heterocycles. The third-order valence-electron chi connectivity index (χ3n) is 2.54. The van der Waals surface area contributed by atoms with Crippen molar-refractivity contribution in [2.75, 3.05) is 11.2 Å². The second-order valence-electron chi connectivity index (χ2n) is 4.16. The lowest BCUT2D eigenvalue weighted by atomic mass is 10.2. The molecule has 0 atom stereocenters. The van der Waals surface area contributed by atoms with Crippen molar-refractivity contribution < 1.29 is 4.74 Å². The van der Waals surface area contributed by atoms with E-state index in [1.165, 1.54) is 11.3 Å². The number of hydrogen-bond acceptors (Lipinski definition) is 8. The summed E-state index contributed by atoms with van der Waals surface area (Å²) in [4.78, 5) is 12.0. The Morgan fingerprint density at radius 1 is 1.23 bits per heavy atom. The third kappa shape index (κ3) is 3.76. The van der Waals surface area contributed by atoms with Crippen molar-refractivity contribution in [2.24, 2.45) is 5.10 Å². The smallest absolute Gasteiger partial charge is 0.237 e. The van der Waals surface area contributed by atoms with Crippen LogP contribution in [-0.4, -0.2) is 21.2 Å². The van der Waals surface area contributed by atoms with Gasteiger partial charge in [0, 0.05) is 17.8 Å². The molecule has 22 heavy (non-hydrogen) atoms. The molecular weight excluding hydrogens is 300 g/mol. The Kier molecular flexibility index (Phi) is 4.21. The first-order valence-corrected chi connectivity index (χ1v) is 7.21. The summed E-state index contributed by atoms with van der Waals surface area (Å²) < 4.78 is 5.55. The second kappa shape index (κ2) is 6.64. The first-order valence-electron chi connectivity index (χ1n) is 6.33. The van der Waals surface area contributed by atoms with Crippen molar-refractivity contribution in [1.29, 1.82) is 0 Å². The topological polar surface area (TPSA) is 98.3 Å². The highest BCUT2D eigenvalue weighted by Gasteiger charge is 1.98. The fraction of sp³-hybridized carbons (Fsp3) is 0. The molecule has 110 valence electrons. The van der Waals surface area contributed by atoms with E-state index in [-0.39, 0.29) is 0 Å². The molecule has 0 bridgehead atoms. The molecule has 0 fully saturated rings. The number of benzene rings is 1. The van der Waals surface area contributed by atoms with Crippen LogP contribution in [0.2, 0.25) is 0 Å². The molecule has 8 heteroatoms. The van der Waals surface area contributed by atoms with Gasteiger partial charge in [0.25, 0.3) is 0 Å². The SMILES string of the molecule is Nc1csc(NN=Cc2ccc(Oc3cnccn3)cc2)n1. The number of nitrogens with two attached hydrogens (primary N) is 1. The van der Waals surface area contributed by atoms with Gasteiger partial charge in [-0.2, -0.15) is 5.10 Å². The van der Waals surface area contributed by atoms with Crippen LogP contribution in [0.3, 0.4) is 0 Å². The molecular formula is C14H12N6OS. The molecule has 3 rings (SSSR count). The molecule has 0 radical (unpaired) electrons. The maximum Gasteiger partial charge on any atom is 0.237 e. The Labute approximate surface area is 130 Å². The van der Waals surface area contributed by atoms with Gasteiger partial charge in [0.05, 0.1) is 12.4 Å². The van der Waals surface area contributed by atoms with Crippen LogP contribution >= 0.6 is 11.3 Å². The third-order valence-corrected chi connectivity index (χ3v) is 3.30. The molecule has 3 aromatic rings. The fourth-order valence-corrected chi connectivity index (χ4v) is 2.13. The Balaban J connectivity index is 1.59. The van der Waals surface area contributed by atoms with Crippen molar-refractivity contribution in [3.63, 3.8) is 0 Å². The zero-order valence-electron chi connectivity index (χ0n) is 11.4. The van der Waals surface area contributed by atoms with E-state index in [0.29, 0.717) is 22.6 Å². The lowest BCUT2D eigenvalue weighted by molar-refractivity contribution is 0.460. The van der Waals surface area contributed by atoms with Gasteiger partial charge in [-0.1, -0.05) is 0 Å². The summed E-state index contributed by atoms with van der Waals surface area (Å²) in [5.41, 5.74) is 9.26. The summed E-state index contributed by atoms with van der Waals surface area (Å²) in [7, 11) is 0. The van der Waals surface area contributed by atoms with Crippen LogP contribution < -0.4 is 15.9 Å². The van der Waals surface area contributed by atoms with E-state index >= 15 is 0 Å². The predicted octanol–water partition coefficient (Wildman–Crippen LogP) is 2.75. The quantitative estimate of drug-likeness (QED) is 0.555. The summed E-state index contributed by atoms with van der Waals surface area (Å²) in [5, 5.41) is 6.49. The van der Waals surface area contributed by atoms with Crippen molar-refractivity contribution in [3.8, 4) is 11.6 Å². The average molecular weight is 312 g/mol.